The van der Waals surface area contributed by atoms with Crippen molar-refractivity contribution in [3.05, 3.63) is 65.9 Å². The van der Waals surface area contributed by atoms with Crippen LogP contribution in [0.25, 0.3) is 11.1 Å². The van der Waals surface area contributed by atoms with Gasteiger partial charge in [-0.1, -0.05) is 24.3 Å². The molecule has 0 aromatic heterocycles. The largest absolute Gasteiger partial charge is 0.478 e. The van der Waals surface area contributed by atoms with E-state index in [-0.39, 0.29) is 11.3 Å². The Morgan fingerprint density at radius 3 is 2.23 bits per heavy atom. The molecule has 2 aromatic carbocycles. The highest BCUT2D eigenvalue weighted by atomic mass is 16.5. The topological polar surface area (TPSA) is 102 Å². The predicted octanol–water partition coefficient (Wildman–Crippen LogP) is 2.69. The highest BCUT2D eigenvalue weighted by Crippen LogP contribution is 2.24. The predicted molar refractivity (Wildman–Crippen MR) is 94.6 cm³/mol. The molecule has 2 rings (SSSR count). The zero-order valence-corrected chi connectivity index (χ0v) is 14.2. The normalized spacial score (nSPS) is 10.8. The standard InChI is InChI=1S/C19H17NO6/c1-25-17(21)11-16(19(24)26-2)20-15-5-3-4-14(10-15)12-6-8-13(9-7-12)18(22)23/h3-11,20H,1-2H3,(H,22,23)/b16-11+. The van der Waals surface area contributed by atoms with Gasteiger partial charge in [0.05, 0.1) is 25.9 Å². The van der Waals surface area contributed by atoms with Crippen LogP contribution >= 0.6 is 0 Å². The molecular formula is C19H17NO6. The first-order valence-corrected chi connectivity index (χ1v) is 7.53. The maximum atomic E-state index is 11.8. The van der Waals surface area contributed by atoms with E-state index in [1.165, 1.54) is 26.4 Å². The highest BCUT2D eigenvalue weighted by molar-refractivity contribution is 5.98. The molecule has 0 aliphatic heterocycles. The van der Waals surface area contributed by atoms with Crippen LogP contribution in [0.1, 0.15) is 10.4 Å². The van der Waals surface area contributed by atoms with Gasteiger partial charge >= 0.3 is 17.9 Å². The number of anilines is 1. The molecule has 0 unspecified atom stereocenters. The van der Waals surface area contributed by atoms with E-state index in [0.29, 0.717) is 5.69 Å². The Kier molecular flexibility index (Phi) is 6.10. The van der Waals surface area contributed by atoms with Gasteiger partial charge in [0, 0.05) is 5.69 Å². The van der Waals surface area contributed by atoms with Crippen LogP contribution in [0.4, 0.5) is 5.69 Å². The van der Waals surface area contributed by atoms with Crippen molar-refractivity contribution in [1.82, 2.24) is 0 Å². The summed E-state index contributed by atoms with van der Waals surface area (Å²) in [6, 6.07) is 13.5. The minimum Gasteiger partial charge on any atom is -0.478 e. The van der Waals surface area contributed by atoms with Gasteiger partial charge < -0.3 is 19.9 Å². The van der Waals surface area contributed by atoms with Crippen molar-refractivity contribution in [2.75, 3.05) is 19.5 Å². The summed E-state index contributed by atoms with van der Waals surface area (Å²) in [5.41, 5.74) is 2.27. The number of carbonyl (C=O) groups excluding carboxylic acids is 2. The summed E-state index contributed by atoms with van der Waals surface area (Å²) < 4.78 is 9.17. The van der Waals surface area contributed by atoms with Gasteiger partial charge in [0.2, 0.25) is 0 Å². The molecule has 7 heteroatoms. The Bertz CT molecular complexity index is 855. The average Bonchev–Trinajstić information content (AvgIpc) is 2.67. The number of carboxylic acids is 1. The second kappa shape index (κ2) is 8.48. The van der Waals surface area contributed by atoms with Crippen LogP contribution in [0.5, 0.6) is 0 Å². The van der Waals surface area contributed by atoms with Crippen molar-refractivity contribution in [2.45, 2.75) is 0 Å². The number of ether oxygens (including phenoxy) is 2. The highest BCUT2D eigenvalue weighted by Gasteiger charge is 2.13. The van der Waals surface area contributed by atoms with Gasteiger partial charge in [0.1, 0.15) is 5.70 Å². The summed E-state index contributed by atoms with van der Waals surface area (Å²) in [5.74, 6) is -2.41. The lowest BCUT2D eigenvalue weighted by Gasteiger charge is -2.11. The van der Waals surface area contributed by atoms with E-state index in [1.807, 2.05) is 6.07 Å². The lowest BCUT2D eigenvalue weighted by molar-refractivity contribution is -0.138. The van der Waals surface area contributed by atoms with Crippen molar-refractivity contribution in [2.24, 2.45) is 0 Å². The molecule has 0 heterocycles. The van der Waals surface area contributed by atoms with Gasteiger partial charge in [-0.3, -0.25) is 0 Å². The van der Waals surface area contributed by atoms with Crippen LogP contribution in [0.2, 0.25) is 0 Å². The Morgan fingerprint density at radius 1 is 0.962 bits per heavy atom. The Morgan fingerprint density at radius 2 is 1.65 bits per heavy atom. The summed E-state index contributed by atoms with van der Waals surface area (Å²) in [7, 11) is 2.41. The molecule has 134 valence electrons. The van der Waals surface area contributed by atoms with Gasteiger partial charge in [0.15, 0.2) is 0 Å². The first kappa shape index (κ1) is 18.7. The van der Waals surface area contributed by atoms with Crippen LogP contribution in [0.3, 0.4) is 0 Å². The number of rotatable bonds is 6. The zero-order chi connectivity index (χ0) is 19.1. The lowest BCUT2D eigenvalue weighted by atomic mass is 10.0. The third-order valence-electron chi connectivity index (χ3n) is 3.48. The van der Waals surface area contributed by atoms with Crippen LogP contribution in [-0.2, 0) is 19.1 Å². The Labute approximate surface area is 149 Å². The van der Waals surface area contributed by atoms with Crippen LogP contribution in [0.15, 0.2) is 60.3 Å². The Balaban J connectivity index is 2.30. The number of methoxy groups -OCH3 is 2. The number of benzene rings is 2. The molecule has 2 aromatic rings. The van der Waals surface area contributed by atoms with E-state index in [9.17, 15) is 14.4 Å². The van der Waals surface area contributed by atoms with E-state index >= 15 is 0 Å². The SMILES string of the molecule is COC(=O)/C=C(/Nc1cccc(-c2ccc(C(=O)O)cc2)c1)C(=O)OC. The van der Waals surface area contributed by atoms with Gasteiger partial charge in [0.25, 0.3) is 0 Å². The molecule has 0 radical (unpaired) electrons. The molecule has 0 aliphatic carbocycles. The maximum Gasteiger partial charge on any atom is 0.354 e. The van der Waals surface area contributed by atoms with Crippen LogP contribution in [-0.4, -0.2) is 37.2 Å². The van der Waals surface area contributed by atoms with E-state index in [0.717, 1.165) is 17.2 Å². The monoisotopic (exact) mass is 355 g/mol. The molecular weight excluding hydrogens is 338 g/mol. The smallest absolute Gasteiger partial charge is 0.354 e. The first-order valence-electron chi connectivity index (χ1n) is 7.53. The summed E-state index contributed by atoms with van der Waals surface area (Å²) in [5, 5.41) is 11.8. The molecule has 0 atom stereocenters. The molecule has 2 N–H and O–H groups in total. The number of carboxylic acid groups (broad SMARTS) is 1. The number of esters is 2. The van der Waals surface area contributed by atoms with Crippen molar-refractivity contribution in [3.63, 3.8) is 0 Å². The minimum atomic E-state index is -0.998. The van der Waals surface area contributed by atoms with Gasteiger partial charge in [-0.25, -0.2) is 14.4 Å². The van der Waals surface area contributed by atoms with Crippen molar-refractivity contribution in [1.29, 1.82) is 0 Å². The molecule has 0 spiro atoms. The first-order chi connectivity index (χ1) is 12.4. The second-order valence-corrected chi connectivity index (χ2v) is 5.16. The van der Waals surface area contributed by atoms with Crippen molar-refractivity contribution < 1.29 is 29.0 Å². The van der Waals surface area contributed by atoms with E-state index in [4.69, 9.17) is 5.11 Å². The number of hydrogen-bond donors (Lipinski definition) is 2. The molecule has 0 aliphatic rings. The van der Waals surface area contributed by atoms with Crippen molar-refractivity contribution in [3.8, 4) is 11.1 Å². The third kappa shape index (κ3) is 4.70. The van der Waals surface area contributed by atoms with Gasteiger partial charge in [-0.05, 0) is 35.4 Å². The number of nitrogens with one attached hydrogen (secondary N) is 1. The molecule has 0 amide bonds. The van der Waals surface area contributed by atoms with E-state index < -0.39 is 17.9 Å². The van der Waals surface area contributed by atoms with Gasteiger partial charge in [-0.15, -0.1) is 0 Å². The maximum absolute atomic E-state index is 11.8. The molecule has 0 bridgehead atoms. The molecule has 0 saturated heterocycles. The quantitative estimate of drug-likeness (QED) is 0.607. The lowest BCUT2D eigenvalue weighted by Crippen LogP contribution is -2.15. The van der Waals surface area contributed by atoms with E-state index in [2.05, 4.69) is 14.8 Å². The molecule has 0 fully saturated rings. The van der Waals surface area contributed by atoms with Crippen LogP contribution in [0, 0.1) is 0 Å². The summed E-state index contributed by atoms with van der Waals surface area (Å²) >= 11 is 0. The number of hydrogen-bond acceptors (Lipinski definition) is 6. The minimum absolute atomic E-state index is 0.0716. The van der Waals surface area contributed by atoms with E-state index in [1.54, 1.807) is 30.3 Å². The fourth-order valence-electron chi connectivity index (χ4n) is 2.17. The third-order valence-corrected chi connectivity index (χ3v) is 3.48. The Hall–Kier alpha value is -3.61. The number of aromatic carboxylic acids is 1. The molecule has 0 saturated carbocycles. The fourth-order valence-corrected chi connectivity index (χ4v) is 2.17. The zero-order valence-electron chi connectivity index (χ0n) is 14.2. The van der Waals surface area contributed by atoms with Crippen molar-refractivity contribution >= 4 is 23.6 Å². The second-order valence-electron chi connectivity index (χ2n) is 5.16. The number of carbonyl (C=O) groups is 3. The average molecular weight is 355 g/mol. The fraction of sp³-hybridized carbons (Fsp3) is 0.105. The summed E-state index contributed by atoms with van der Waals surface area (Å²) in [6.07, 6.45) is 1.00. The summed E-state index contributed by atoms with van der Waals surface area (Å²) in [4.78, 5) is 34.2. The van der Waals surface area contributed by atoms with Crippen LogP contribution < -0.4 is 5.32 Å². The summed E-state index contributed by atoms with van der Waals surface area (Å²) in [6.45, 7) is 0. The molecule has 7 nitrogen and oxygen atoms in total. The van der Waals surface area contributed by atoms with Gasteiger partial charge in [-0.2, -0.15) is 0 Å². The molecule has 26 heavy (non-hydrogen) atoms.